The van der Waals surface area contributed by atoms with Crippen LogP contribution in [0.4, 0.5) is 5.69 Å². The number of fused-ring (bicyclic) bond motifs is 1. The minimum Gasteiger partial charge on any atom is -0.330 e. The zero-order valence-electron chi connectivity index (χ0n) is 12.3. The molecule has 0 aromatic heterocycles. The molecule has 0 saturated heterocycles. The van der Waals surface area contributed by atoms with Crippen molar-refractivity contribution in [1.82, 2.24) is 4.90 Å². The van der Waals surface area contributed by atoms with Crippen LogP contribution in [-0.2, 0) is 19.1 Å². The van der Waals surface area contributed by atoms with Crippen LogP contribution in [-0.4, -0.2) is 26.0 Å². The van der Waals surface area contributed by atoms with Crippen LogP contribution in [0.2, 0.25) is 0 Å². The van der Waals surface area contributed by atoms with Gasteiger partial charge >= 0.3 is 0 Å². The van der Waals surface area contributed by atoms with E-state index >= 15 is 0 Å². The molecule has 0 unspecified atom stereocenters. The molecule has 0 spiro atoms. The maximum atomic E-state index is 12.4. The summed E-state index contributed by atoms with van der Waals surface area (Å²) in [5, 5.41) is 11.1. The zero-order valence-corrected chi connectivity index (χ0v) is 14.3. The summed E-state index contributed by atoms with van der Waals surface area (Å²) in [6.07, 6.45) is 0. The van der Waals surface area contributed by atoms with E-state index in [9.17, 15) is 14.9 Å². The molecule has 0 atom stereocenters. The van der Waals surface area contributed by atoms with Gasteiger partial charge in [-0.2, -0.15) is 0 Å². The fraction of sp³-hybridized carbons (Fsp3) is 0.188. The Hall–Kier alpha value is -2.47. The first-order valence-electron chi connectivity index (χ1n) is 7.23. The Morgan fingerprint density at radius 1 is 1.18 bits per heavy atom. The van der Waals surface area contributed by atoms with Crippen LogP contribution >= 0.6 is 0 Å². The Kier molecular flexibility index (Phi) is 3.76. The maximum Gasteiger partial charge on any atom is 0.275 e. The summed E-state index contributed by atoms with van der Waals surface area (Å²) >= 11 is 0. The Balaban J connectivity index is 1.87. The van der Waals surface area contributed by atoms with Crippen molar-refractivity contribution < 1.29 is 9.72 Å². The highest BCUT2D eigenvalue weighted by Crippen LogP contribution is 2.31. The number of hydrogen-bond acceptors (Lipinski definition) is 3. The molecular weight excluding hydrogens is 296 g/mol. The minimum atomic E-state index is -0.419. The molecule has 0 bridgehead atoms. The van der Waals surface area contributed by atoms with Crippen molar-refractivity contribution in [2.75, 3.05) is 0 Å². The third kappa shape index (κ3) is 2.53. The van der Waals surface area contributed by atoms with E-state index in [1.54, 1.807) is 17.0 Å². The molecule has 22 heavy (non-hydrogen) atoms. The Morgan fingerprint density at radius 3 is 2.64 bits per heavy atom. The monoisotopic (exact) mass is 312 g/mol. The molecule has 0 aliphatic carbocycles. The Morgan fingerprint density at radius 2 is 1.91 bits per heavy atom. The second kappa shape index (κ2) is 5.73. The van der Waals surface area contributed by atoms with Crippen molar-refractivity contribution in [2.45, 2.75) is 19.1 Å². The normalized spacial score (nSPS) is 13.5. The fourth-order valence-electron chi connectivity index (χ4n) is 2.84. The summed E-state index contributed by atoms with van der Waals surface area (Å²) < 4.78 is 0. The quantitative estimate of drug-likeness (QED) is 0.489. The highest BCUT2D eigenvalue weighted by atomic mass is 28.1. The summed E-state index contributed by atoms with van der Waals surface area (Å²) in [7, 11) is 1.10. The van der Waals surface area contributed by atoms with Gasteiger partial charge in [0.25, 0.3) is 11.6 Å². The Labute approximate surface area is 131 Å². The van der Waals surface area contributed by atoms with Crippen LogP contribution in [0.5, 0.6) is 0 Å². The summed E-state index contributed by atoms with van der Waals surface area (Å²) in [6.45, 7) is 0.788. The van der Waals surface area contributed by atoms with Crippen LogP contribution in [0, 0.1) is 10.1 Å². The number of nitro benzene ring substituents is 1. The van der Waals surface area contributed by atoms with Crippen molar-refractivity contribution in [3.63, 3.8) is 0 Å². The number of rotatable bonds is 4. The molecule has 0 saturated carbocycles. The molecule has 1 aliphatic rings. The predicted molar refractivity (Wildman–Crippen MR) is 86.8 cm³/mol. The number of amides is 1. The van der Waals surface area contributed by atoms with Gasteiger partial charge in [-0.3, -0.25) is 14.9 Å². The van der Waals surface area contributed by atoms with Crippen molar-refractivity contribution in [2.24, 2.45) is 0 Å². The lowest BCUT2D eigenvalue weighted by atomic mass is 10.1. The number of benzene rings is 2. The van der Waals surface area contributed by atoms with Gasteiger partial charge in [0.2, 0.25) is 0 Å². The lowest BCUT2D eigenvalue weighted by molar-refractivity contribution is -0.385. The van der Waals surface area contributed by atoms with Crippen molar-refractivity contribution >= 4 is 21.8 Å². The molecule has 6 heteroatoms. The van der Waals surface area contributed by atoms with E-state index in [1.807, 2.05) is 12.1 Å². The molecule has 1 aliphatic heterocycles. The second-order valence-electron chi connectivity index (χ2n) is 5.40. The second-order valence-corrected chi connectivity index (χ2v) is 6.10. The number of hydrogen-bond donors (Lipinski definition) is 0. The van der Waals surface area contributed by atoms with Gasteiger partial charge in [0.1, 0.15) is 0 Å². The molecule has 2 aromatic rings. The number of carbonyl (C=O) groups is 1. The van der Waals surface area contributed by atoms with E-state index < -0.39 is 4.92 Å². The van der Waals surface area contributed by atoms with Crippen molar-refractivity contribution in [3.05, 3.63) is 74.8 Å². The van der Waals surface area contributed by atoms with Gasteiger partial charge in [0, 0.05) is 22.9 Å². The third-order valence-corrected chi connectivity index (χ3v) is 4.80. The lowest BCUT2D eigenvalue weighted by Crippen LogP contribution is -2.23. The third-order valence-electron chi connectivity index (χ3n) is 3.99. The van der Waals surface area contributed by atoms with Gasteiger partial charge in [-0.25, -0.2) is 0 Å². The summed E-state index contributed by atoms with van der Waals surface area (Å²) in [5.74, 6) is -0.130. The molecule has 5 nitrogen and oxygen atoms in total. The molecule has 112 valence electrons. The first-order valence-corrected chi connectivity index (χ1v) is 8.65. The fourth-order valence-corrected chi connectivity index (χ4v) is 3.28. The summed E-state index contributed by atoms with van der Waals surface area (Å²) in [6, 6.07) is 14.0. The largest absolute Gasteiger partial charge is 0.330 e. The first-order chi connectivity index (χ1) is 10.6. The van der Waals surface area contributed by atoms with Gasteiger partial charge in [-0.1, -0.05) is 35.9 Å². The van der Waals surface area contributed by atoms with Gasteiger partial charge in [0.05, 0.1) is 22.6 Å². The highest BCUT2D eigenvalue weighted by molar-refractivity contribution is 6.08. The van der Waals surface area contributed by atoms with Crippen molar-refractivity contribution in [1.29, 1.82) is 0 Å². The van der Waals surface area contributed by atoms with E-state index in [-0.39, 0.29) is 11.6 Å². The number of nitrogens with zero attached hydrogens (tertiary/aromatic N) is 2. The Bertz CT molecular complexity index is 761. The molecule has 3 rings (SSSR count). The average molecular weight is 312 g/mol. The summed E-state index contributed by atoms with van der Waals surface area (Å²) in [5.41, 5.74) is 3.35. The molecule has 1 amide bonds. The molecule has 0 fully saturated rings. The zero-order chi connectivity index (χ0) is 15.7. The average Bonchev–Trinajstić information content (AvgIpc) is 2.84. The highest BCUT2D eigenvalue weighted by Gasteiger charge is 2.32. The van der Waals surface area contributed by atoms with E-state index in [0.717, 1.165) is 21.9 Å². The van der Waals surface area contributed by atoms with Crippen LogP contribution in [0.15, 0.2) is 42.5 Å². The first kappa shape index (κ1) is 14.5. The van der Waals surface area contributed by atoms with Gasteiger partial charge in [-0.05, 0) is 17.7 Å². The smallest absolute Gasteiger partial charge is 0.275 e. The molecule has 0 N–H and O–H groups in total. The van der Waals surface area contributed by atoms with Crippen LogP contribution in [0.1, 0.15) is 27.0 Å². The molecule has 2 aromatic carbocycles. The molecule has 1 heterocycles. The van der Waals surface area contributed by atoms with E-state index in [4.69, 9.17) is 0 Å². The SMILES string of the molecule is O=C1c2cccc([N+](=O)[O-])c2CN1Cc1cccc(C[SiH3])c1. The van der Waals surface area contributed by atoms with Crippen LogP contribution in [0.25, 0.3) is 0 Å². The number of carbonyl (C=O) groups excluding carboxylic acids is 1. The summed E-state index contributed by atoms with van der Waals surface area (Å²) in [4.78, 5) is 24.8. The molecule has 0 radical (unpaired) electrons. The van der Waals surface area contributed by atoms with E-state index in [0.29, 0.717) is 24.2 Å². The van der Waals surface area contributed by atoms with Crippen LogP contribution in [0.3, 0.4) is 0 Å². The van der Waals surface area contributed by atoms with Gasteiger partial charge < -0.3 is 4.90 Å². The van der Waals surface area contributed by atoms with Gasteiger partial charge in [-0.15, -0.1) is 0 Å². The minimum absolute atomic E-state index is 0.0293. The standard InChI is InChI=1S/C16H16N2O3Si/c19-16-13-5-2-6-15(18(20)21)14(13)9-17(16)8-11-3-1-4-12(7-11)10-22/h1-7H,8-10H2,22H3. The van der Waals surface area contributed by atoms with E-state index in [1.165, 1.54) is 11.6 Å². The topological polar surface area (TPSA) is 63.4 Å². The molecular formula is C16H16N2O3Si. The maximum absolute atomic E-state index is 12.4. The van der Waals surface area contributed by atoms with Gasteiger partial charge in [0.15, 0.2) is 0 Å². The van der Waals surface area contributed by atoms with E-state index in [2.05, 4.69) is 12.1 Å². The number of nitro groups is 1. The lowest BCUT2D eigenvalue weighted by Gasteiger charge is -2.16. The van der Waals surface area contributed by atoms with Crippen LogP contribution < -0.4 is 0 Å². The van der Waals surface area contributed by atoms with Crippen molar-refractivity contribution in [3.8, 4) is 0 Å². The predicted octanol–water partition coefficient (Wildman–Crippen LogP) is 1.62.